The lowest BCUT2D eigenvalue weighted by atomic mass is 9.98. The average molecular weight is 248 g/mol. The van der Waals surface area contributed by atoms with Crippen molar-refractivity contribution in [3.05, 3.63) is 29.8 Å². The van der Waals surface area contributed by atoms with Crippen molar-refractivity contribution in [2.45, 2.75) is 38.8 Å². The Morgan fingerprint density at radius 2 is 2.11 bits per heavy atom. The number of para-hydroxylation sites is 1. The maximum absolute atomic E-state index is 9.56. The number of nitrogens with zero attached hydrogens (tertiary/aromatic N) is 1. The van der Waals surface area contributed by atoms with Crippen molar-refractivity contribution >= 4 is 5.69 Å². The molecular weight excluding hydrogens is 224 g/mol. The van der Waals surface area contributed by atoms with Crippen LogP contribution in [0.2, 0.25) is 0 Å². The predicted molar refractivity (Wildman–Crippen MR) is 76.2 cm³/mol. The SMILES string of the molecule is CC1CN(c2ccccc2C(C)C)C(CO)CN1. The second-order valence-corrected chi connectivity index (χ2v) is 5.51. The molecule has 1 aliphatic rings. The van der Waals surface area contributed by atoms with E-state index in [1.54, 1.807) is 0 Å². The first-order chi connectivity index (χ1) is 8.63. The van der Waals surface area contributed by atoms with Gasteiger partial charge in [-0.1, -0.05) is 32.0 Å². The molecule has 3 nitrogen and oxygen atoms in total. The van der Waals surface area contributed by atoms with E-state index in [0.29, 0.717) is 12.0 Å². The van der Waals surface area contributed by atoms with Gasteiger partial charge in [-0.2, -0.15) is 0 Å². The van der Waals surface area contributed by atoms with Crippen molar-refractivity contribution in [3.8, 4) is 0 Å². The summed E-state index contributed by atoms with van der Waals surface area (Å²) >= 11 is 0. The molecule has 1 aliphatic heterocycles. The van der Waals surface area contributed by atoms with Crippen LogP contribution in [0.3, 0.4) is 0 Å². The molecule has 1 aromatic carbocycles. The third kappa shape index (κ3) is 2.68. The van der Waals surface area contributed by atoms with Gasteiger partial charge in [0.2, 0.25) is 0 Å². The summed E-state index contributed by atoms with van der Waals surface area (Å²) in [5.74, 6) is 0.505. The van der Waals surface area contributed by atoms with Gasteiger partial charge < -0.3 is 15.3 Å². The van der Waals surface area contributed by atoms with Crippen LogP contribution in [0.15, 0.2) is 24.3 Å². The van der Waals surface area contributed by atoms with Crippen LogP contribution in [-0.2, 0) is 0 Å². The van der Waals surface area contributed by atoms with Crippen LogP contribution < -0.4 is 10.2 Å². The molecule has 0 spiro atoms. The maximum atomic E-state index is 9.56. The highest BCUT2D eigenvalue weighted by Crippen LogP contribution is 2.29. The molecule has 2 atom stereocenters. The largest absolute Gasteiger partial charge is 0.394 e. The molecule has 0 radical (unpaired) electrons. The fraction of sp³-hybridized carbons (Fsp3) is 0.600. The zero-order valence-corrected chi connectivity index (χ0v) is 11.6. The van der Waals surface area contributed by atoms with Crippen LogP contribution in [-0.4, -0.2) is 36.9 Å². The van der Waals surface area contributed by atoms with Crippen molar-refractivity contribution in [1.29, 1.82) is 0 Å². The number of hydrogen-bond acceptors (Lipinski definition) is 3. The highest BCUT2D eigenvalue weighted by molar-refractivity contribution is 5.56. The van der Waals surface area contributed by atoms with Gasteiger partial charge in [0.1, 0.15) is 0 Å². The van der Waals surface area contributed by atoms with E-state index >= 15 is 0 Å². The minimum absolute atomic E-state index is 0.182. The highest BCUT2D eigenvalue weighted by Gasteiger charge is 2.27. The number of aliphatic hydroxyl groups is 1. The lowest BCUT2D eigenvalue weighted by Gasteiger charge is -2.41. The molecule has 0 bridgehead atoms. The smallest absolute Gasteiger partial charge is 0.0647 e. The molecule has 1 aromatic rings. The van der Waals surface area contributed by atoms with Gasteiger partial charge in [-0.05, 0) is 24.5 Å². The number of hydrogen-bond donors (Lipinski definition) is 2. The topological polar surface area (TPSA) is 35.5 Å². The minimum Gasteiger partial charge on any atom is -0.394 e. The normalized spacial score (nSPS) is 24.6. The van der Waals surface area contributed by atoms with E-state index in [-0.39, 0.29) is 12.6 Å². The predicted octanol–water partition coefficient (Wildman–Crippen LogP) is 1.97. The van der Waals surface area contributed by atoms with Crippen molar-refractivity contribution in [3.63, 3.8) is 0 Å². The lowest BCUT2D eigenvalue weighted by molar-refractivity contribution is 0.237. The number of rotatable bonds is 3. The van der Waals surface area contributed by atoms with E-state index < -0.39 is 0 Å². The first kappa shape index (κ1) is 13.4. The molecular formula is C15H24N2O. The molecule has 1 heterocycles. The number of anilines is 1. The number of nitrogens with one attached hydrogen (secondary N) is 1. The Bertz CT molecular complexity index is 392. The van der Waals surface area contributed by atoms with Gasteiger partial charge in [0.25, 0.3) is 0 Å². The van der Waals surface area contributed by atoms with E-state index in [0.717, 1.165) is 13.1 Å². The molecule has 0 saturated carbocycles. The van der Waals surface area contributed by atoms with Gasteiger partial charge in [0.15, 0.2) is 0 Å². The molecule has 1 fully saturated rings. The molecule has 2 rings (SSSR count). The highest BCUT2D eigenvalue weighted by atomic mass is 16.3. The van der Waals surface area contributed by atoms with Gasteiger partial charge in [-0.25, -0.2) is 0 Å². The van der Waals surface area contributed by atoms with Crippen molar-refractivity contribution in [2.24, 2.45) is 0 Å². The summed E-state index contributed by atoms with van der Waals surface area (Å²) in [5, 5.41) is 13.0. The summed E-state index contributed by atoms with van der Waals surface area (Å²) < 4.78 is 0. The summed E-state index contributed by atoms with van der Waals surface area (Å²) in [7, 11) is 0. The fourth-order valence-electron chi connectivity index (χ4n) is 2.65. The zero-order valence-electron chi connectivity index (χ0n) is 11.6. The standard InChI is InChI=1S/C15H24N2O/c1-11(2)14-6-4-5-7-15(14)17-9-12(3)16-8-13(17)10-18/h4-7,11-13,16,18H,8-10H2,1-3H3. The quantitative estimate of drug-likeness (QED) is 0.858. The molecule has 2 N–H and O–H groups in total. The second-order valence-electron chi connectivity index (χ2n) is 5.51. The minimum atomic E-state index is 0.182. The van der Waals surface area contributed by atoms with Gasteiger partial charge in [0, 0.05) is 24.8 Å². The zero-order chi connectivity index (χ0) is 13.1. The van der Waals surface area contributed by atoms with Crippen LogP contribution in [0, 0.1) is 0 Å². The average Bonchev–Trinajstić information content (AvgIpc) is 2.38. The number of benzene rings is 1. The molecule has 0 amide bonds. The second kappa shape index (κ2) is 5.72. The van der Waals surface area contributed by atoms with Crippen LogP contribution >= 0.6 is 0 Å². The van der Waals surface area contributed by atoms with Crippen molar-refractivity contribution in [2.75, 3.05) is 24.6 Å². The van der Waals surface area contributed by atoms with E-state index in [4.69, 9.17) is 0 Å². The summed E-state index contributed by atoms with van der Waals surface area (Å²) in [5.41, 5.74) is 2.64. The Labute approximate surface area is 110 Å². The first-order valence-electron chi connectivity index (χ1n) is 6.83. The van der Waals surface area contributed by atoms with E-state index in [2.05, 4.69) is 55.3 Å². The molecule has 3 heteroatoms. The summed E-state index contributed by atoms with van der Waals surface area (Å²) in [6, 6.07) is 9.20. The van der Waals surface area contributed by atoms with Crippen LogP contribution in [0.4, 0.5) is 5.69 Å². The molecule has 0 aliphatic carbocycles. The Kier molecular flexibility index (Phi) is 4.25. The van der Waals surface area contributed by atoms with Crippen LogP contribution in [0.1, 0.15) is 32.3 Å². The molecule has 2 unspecified atom stereocenters. The maximum Gasteiger partial charge on any atom is 0.0647 e. The third-order valence-electron chi connectivity index (χ3n) is 3.69. The third-order valence-corrected chi connectivity index (χ3v) is 3.69. The van der Waals surface area contributed by atoms with Crippen LogP contribution in [0.5, 0.6) is 0 Å². The van der Waals surface area contributed by atoms with Crippen LogP contribution in [0.25, 0.3) is 0 Å². The van der Waals surface area contributed by atoms with Crippen molar-refractivity contribution < 1.29 is 5.11 Å². The van der Waals surface area contributed by atoms with Gasteiger partial charge in [0.05, 0.1) is 12.6 Å². The van der Waals surface area contributed by atoms with Crippen molar-refractivity contribution in [1.82, 2.24) is 5.32 Å². The number of piperazine rings is 1. The Morgan fingerprint density at radius 3 is 2.78 bits per heavy atom. The van der Waals surface area contributed by atoms with E-state index in [9.17, 15) is 5.11 Å². The van der Waals surface area contributed by atoms with E-state index in [1.807, 2.05) is 0 Å². The summed E-state index contributed by atoms with van der Waals surface area (Å²) in [6.07, 6.45) is 0. The molecule has 100 valence electrons. The Balaban J connectivity index is 2.33. The van der Waals surface area contributed by atoms with Gasteiger partial charge >= 0.3 is 0 Å². The fourth-order valence-corrected chi connectivity index (χ4v) is 2.65. The first-order valence-corrected chi connectivity index (χ1v) is 6.83. The Morgan fingerprint density at radius 1 is 1.39 bits per heavy atom. The van der Waals surface area contributed by atoms with Gasteiger partial charge in [-0.3, -0.25) is 0 Å². The lowest BCUT2D eigenvalue weighted by Crippen LogP contribution is -2.57. The summed E-state index contributed by atoms with van der Waals surface area (Å²) in [4.78, 5) is 2.36. The molecule has 1 saturated heterocycles. The summed E-state index contributed by atoms with van der Waals surface area (Å²) in [6.45, 7) is 8.64. The Hall–Kier alpha value is -1.06. The molecule has 0 aromatic heterocycles. The van der Waals surface area contributed by atoms with E-state index in [1.165, 1.54) is 11.3 Å². The molecule has 18 heavy (non-hydrogen) atoms. The monoisotopic (exact) mass is 248 g/mol. The van der Waals surface area contributed by atoms with Gasteiger partial charge in [-0.15, -0.1) is 0 Å². The number of aliphatic hydroxyl groups excluding tert-OH is 1.